The maximum absolute atomic E-state index is 12.9. The van der Waals surface area contributed by atoms with Crippen molar-refractivity contribution in [3.63, 3.8) is 0 Å². The standard InChI is InChI=1S/C19H20FNO5/c1-12-3-7-15(8-4-12)25-13(2)18(22)21-11-17(19(23)24)26-16-9-5-14(20)6-10-16/h3-10,13,17H,11H2,1-2H3,(H,21,22)(H,23,24). The molecule has 0 aliphatic rings. The van der Waals surface area contributed by atoms with Crippen LogP contribution in [0, 0.1) is 12.7 Å². The van der Waals surface area contributed by atoms with Crippen LogP contribution in [0.4, 0.5) is 4.39 Å². The van der Waals surface area contributed by atoms with Crippen molar-refractivity contribution in [2.45, 2.75) is 26.1 Å². The Kier molecular flexibility index (Phi) is 6.54. The zero-order chi connectivity index (χ0) is 19.1. The Bertz CT molecular complexity index is 746. The second kappa shape index (κ2) is 8.84. The number of carboxylic acids is 1. The first kappa shape index (κ1) is 19.2. The molecule has 7 heteroatoms. The van der Waals surface area contributed by atoms with E-state index in [0.717, 1.165) is 17.7 Å². The molecule has 26 heavy (non-hydrogen) atoms. The quantitative estimate of drug-likeness (QED) is 0.755. The second-order valence-electron chi connectivity index (χ2n) is 5.72. The highest BCUT2D eigenvalue weighted by Crippen LogP contribution is 2.14. The Morgan fingerprint density at radius 1 is 1.04 bits per heavy atom. The first-order chi connectivity index (χ1) is 12.3. The summed E-state index contributed by atoms with van der Waals surface area (Å²) in [6.45, 7) is 3.24. The van der Waals surface area contributed by atoms with E-state index in [1.54, 1.807) is 19.1 Å². The largest absolute Gasteiger partial charge is 0.481 e. The van der Waals surface area contributed by atoms with Gasteiger partial charge in [0.25, 0.3) is 5.91 Å². The van der Waals surface area contributed by atoms with E-state index in [4.69, 9.17) is 9.47 Å². The van der Waals surface area contributed by atoms with Crippen LogP contribution in [0.2, 0.25) is 0 Å². The fourth-order valence-electron chi connectivity index (χ4n) is 2.07. The third kappa shape index (κ3) is 5.77. The van der Waals surface area contributed by atoms with Crippen molar-refractivity contribution in [3.05, 3.63) is 59.9 Å². The Labute approximate surface area is 150 Å². The number of carboxylic acid groups (broad SMARTS) is 1. The van der Waals surface area contributed by atoms with Gasteiger partial charge in [0, 0.05) is 0 Å². The molecule has 2 rings (SSSR count). The van der Waals surface area contributed by atoms with Crippen LogP contribution in [0.25, 0.3) is 0 Å². The van der Waals surface area contributed by atoms with E-state index in [1.165, 1.54) is 12.1 Å². The van der Waals surface area contributed by atoms with E-state index in [2.05, 4.69) is 5.32 Å². The minimum absolute atomic E-state index is 0.192. The van der Waals surface area contributed by atoms with Crippen LogP contribution in [0.15, 0.2) is 48.5 Å². The van der Waals surface area contributed by atoms with Crippen molar-refractivity contribution < 1.29 is 28.6 Å². The molecular formula is C19H20FNO5. The molecule has 0 aliphatic heterocycles. The van der Waals surface area contributed by atoms with Gasteiger partial charge in [-0.05, 0) is 50.2 Å². The normalized spacial score (nSPS) is 12.7. The zero-order valence-corrected chi connectivity index (χ0v) is 14.4. The maximum atomic E-state index is 12.9. The highest BCUT2D eigenvalue weighted by molar-refractivity contribution is 5.82. The summed E-state index contributed by atoms with van der Waals surface area (Å²) in [5.41, 5.74) is 1.07. The predicted molar refractivity (Wildman–Crippen MR) is 92.7 cm³/mol. The molecule has 0 aromatic heterocycles. The average Bonchev–Trinajstić information content (AvgIpc) is 2.61. The molecule has 0 aliphatic carbocycles. The predicted octanol–water partition coefficient (Wildman–Crippen LogP) is 2.55. The summed E-state index contributed by atoms with van der Waals surface area (Å²) in [6, 6.07) is 12.2. The Balaban J connectivity index is 1.88. The molecule has 0 fully saturated rings. The highest BCUT2D eigenvalue weighted by Gasteiger charge is 2.22. The molecule has 6 nitrogen and oxygen atoms in total. The number of aliphatic carboxylic acids is 1. The Morgan fingerprint density at radius 2 is 1.58 bits per heavy atom. The second-order valence-corrected chi connectivity index (χ2v) is 5.72. The SMILES string of the molecule is Cc1ccc(OC(C)C(=O)NCC(Oc2ccc(F)cc2)C(=O)O)cc1. The minimum Gasteiger partial charge on any atom is -0.481 e. The number of benzene rings is 2. The highest BCUT2D eigenvalue weighted by atomic mass is 19.1. The molecule has 2 unspecified atom stereocenters. The summed E-state index contributed by atoms with van der Waals surface area (Å²) < 4.78 is 23.7. The molecule has 0 spiro atoms. The maximum Gasteiger partial charge on any atom is 0.346 e. The van der Waals surface area contributed by atoms with E-state index in [1.807, 2.05) is 19.1 Å². The number of carbonyl (C=O) groups is 2. The molecule has 138 valence electrons. The average molecular weight is 361 g/mol. The molecule has 1 amide bonds. The summed E-state index contributed by atoms with van der Waals surface area (Å²) in [5.74, 6) is -1.45. The van der Waals surface area contributed by atoms with Crippen LogP contribution in [0.1, 0.15) is 12.5 Å². The molecule has 0 radical (unpaired) electrons. The van der Waals surface area contributed by atoms with Gasteiger partial charge in [0.15, 0.2) is 6.10 Å². The van der Waals surface area contributed by atoms with Gasteiger partial charge in [-0.1, -0.05) is 17.7 Å². The smallest absolute Gasteiger partial charge is 0.346 e. The van der Waals surface area contributed by atoms with Crippen molar-refractivity contribution in [1.82, 2.24) is 5.32 Å². The third-order valence-corrected chi connectivity index (χ3v) is 3.53. The number of nitrogens with one attached hydrogen (secondary N) is 1. The molecule has 2 aromatic carbocycles. The Morgan fingerprint density at radius 3 is 2.15 bits per heavy atom. The lowest BCUT2D eigenvalue weighted by Gasteiger charge is -2.18. The first-order valence-corrected chi connectivity index (χ1v) is 8.01. The number of carbonyl (C=O) groups excluding carboxylic acids is 1. The van der Waals surface area contributed by atoms with Gasteiger partial charge in [0.1, 0.15) is 17.3 Å². The third-order valence-electron chi connectivity index (χ3n) is 3.53. The summed E-state index contributed by atoms with van der Waals surface area (Å²) >= 11 is 0. The van der Waals surface area contributed by atoms with Gasteiger partial charge < -0.3 is 19.9 Å². The molecule has 0 saturated carbocycles. The molecule has 0 saturated heterocycles. The molecule has 0 bridgehead atoms. The molecule has 0 heterocycles. The first-order valence-electron chi connectivity index (χ1n) is 8.01. The lowest BCUT2D eigenvalue weighted by atomic mass is 10.2. The molecule has 2 N–H and O–H groups in total. The van der Waals surface area contributed by atoms with Crippen LogP contribution in [-0.2, 0) is 9.59 Å². The molecule has 2 aromatic rings. The number of aryl methyl sites for hydroxylation is 1. The van der Waals surface area contributed by atoms with E-state index >= 15 is 0 Å². The van der Waals surface area contributed by atoms with Crippen molar-refractivity contribution in [3.8, 4) is 11.5 Å². The van der Waals surface area contributed by atoms with Crippen LogP contribution in [0.5, 0.6) is 11.5 Å². The van der Waals surface area contributed by atoms with Crippen LogP contribution in [0.3, 0.4) is 0 Å². The monoisotopic (exact) mass is 361 g/mol. The van der Waals surface area contributed by atoms with Gasteiger partial charge in [-0.2, -0.15) is 0 Å². The minimum atomic E-state index is -1.31. The molecular weight excluding hydrogens is 341 g/mol. The van der Waals surface area contributed by atoms with Crippen molar-refractivity contribution in [2.75, 3.05) is 6.54 Å². The van der Waals surface area contributed by atoms with E-state index in [-0.39, 0.29) is 12.3 Å². The lowest BCUT2D eigenvalue weighted by molar-refractivity contribution is -0.145. The van der Waals surface area contributed by atoms with Crippen molar-refractivity contribution in [1.29, 1.82) is 0 Å². The summed E-state index contributed by atoms with van der Waals surface area (Å²) in [7, 11) is 0. The number of hydrogen-bond donors (Lipinski definition) is 2. The van der Waals surface area contributed by atoms with Gasteiger partial charge in [-0.25, -0.2) is 9.18 Å². The van der Waals surface area contributed by atoms with Gasteiger partial charge in [-0.3, -0.25) is 4.79 Å². The van der Waals surface area contributed by atoms with Crippen molar-refractivity contribution >= 4 is 11.9 Å². The Hall–Kier alpha value is -3.09. The number of amides is 1. The van der Waals surface area contributed by atoms with Gasteiger partial charge in [0.05, 0.1) is 6.54 Å². The fourth-order valence-corrected chi connectivity index (χ4v) is 2.07. The summed E-state index contributed by atoms with van der Waals surface area (Å²) in [6.07, 6.45) is -2.12. The summed E-state index contributed by atoms with van der Waals surface area (Å²) in [4.78, 5) is 23.4. The van der Waals surface area contributed by atoms with Gasteiger partial charge in [-0.15, -0.1) is 0 Å². The van der Waals surface area contributed by atoms with Gasteiger partial charge in [0.2, 0.25) is 6.10 Å². The molecule has 2 atom stereocenters. The lowest BCUT2D eigenvalue weighted by Crippen LogP contribution is -2.44. The van der Waals surface area contributed by atoms with Crippen molar-refractivity contribution in [2.24, 2.45) is 0 Å². The number of halogens is 1. The van der Waals surface area contributed by atoms with E-state index in [0.29, 0.717) is 5.75 Å². The number of hydrogen-bond acceptors (Lipinski definition) is 4. The van der Waals surface area contributed by atoms with E-state index in [9.17, 15) is 19.1 Å². The van der Waals surface area contributed by atoms with Crippen LogP contribution in [-0.4, -0.2) is 35.7 Å². The topological polar surface area (TPSA) is 84.9 Å². The fraction of sp³-hybridized carbons (Fsp3) is 0.263. The van der Waals surface area contributed by atoms with E-state index < -0.39 is 29.9 Å². The number of ether oxygens (including phenoxy) is 2. The number of rotatable bonds is 8. The summed E-state index contributed by atoms with van der Waals surface area (Å²) in [5, 5.41) is 11.7. The van der Waals surface area contributed by atoms with Crippen LogP contribution < -0.4 is 14.8 Å². The van der Waals surface area contributed by atoms with Gasteiger partial charge >= 0.3 is 5.97 Å². The van der Waals surface area contributed by atoms with Crippen LogP contribution >= 0.6 is 0 Å². The zero-order valence-electron chi connectivity index (χ0n) is 14.4.